The van der Waals surface area contributed by atoms with Crippen molar-refractivity contribution in [3.8, 4) is 0 Å². The van der Waals surface area contributed by atoms with Crippen LogP contribution in [0.15, 0.2) is 30.6 Å². The molecule has 17 heavy (non-hydrogen) atoms. The minimum absolute atomic E-state index is 0.0823. The van der Waals surface area contributed by atoms with Gasteiger partial charge in [-0.2, -0.15) is 5.10 Å². The van der Waals surface area contributed by atoms with E-state index in [4.69, 9.17) is 10.8 Å². The van der Waals surface area contributed by atoms with E-state index in [1.807, 2.05) is 0 Å². The smallest absolute Gasteiger partial charge is 0.337 e. The van der Waals surface area contributed by atoms with Crippen molar-refractivity contribution in [3.05, 3.63) is 36.2 Å². The van der Waals surface area contributed by atoms with Gasteiger partial charge in [0, 0.05) is 13.2 Å². The van der Waals surface area contributed by atoms with Gasteiger partial charge in [0.1, 0.15) is 0 Å². The second kappa shape index (κ2) is 4.17. The maximum atomic E-state index is 10.9. The van der Waals surface area contributed by atoms with Crippen molar-refractivity contribution in [2.75, 3.05) is 11.1 Å². The van der Waals surface area contributed by atoms with E-state index in [0.29, 0.717) is 5.69 Å². The summed E-state index contributed by atoms with van der Waals surface area (Å²) in [5, 5.41) is 15.9. The maximum Gasteiger partial charge on any atom is 0.337 e. The van der Waals surface area contributed by atoms with Crippen LogP contribution < -0.4 is 11.1 Å². The molecular weight excluding hydrogens is 220 g/mol. The predicted molar refractivity (Wildman–Crippen MR) is 64.3 cm³/mol. The number of aryl methyl sites for hydroxylation is 1. The zero-order valence-electron chi connectivity index (χ0n) is 9.21. The van der Waals surface area contributed by atoms with Crippen LogP contribution in [0.4, 0.5) is 17.1 Å². The Bertz CT molecular complexity index is 562. The van der Waals surface area contributed by atoms with E-state index < -0.39 is 5.97 Å². The summed E-state index contributed by atoms with van der Waals surface area (Å²) < 4.78 is 1.64. The van der Waals surface area contributed by atoms with Crippen LogP contribution in [0, 0.1) is 0 Å². The molecule has 0 saturated carbocycles. The van der Waals surface area contributed by atoms with Gasteiger partial charge >= 0.3 is 5.97 Å². The van der Waals surface area contributed by atoms with E-state index in [1.165, 1.54) is 6.07 Å². The van der Waals surface area contributed by atoms with Crippen LogP contribution in [0.5, 0.6) is 0 Å². The molecule has 0 saturated heterocycles. The van der Waals surface area contributed by atoms with Gasteiger partial charge in [0.2, 0.25) is 0 Å². The molecule has 0 aliphatic heterocycles. The highest BCUT2D eigenvalue weighted by molar-refractivity contribution is 5.97. The molecule has 0 fully saturated rings. The number of nitrogens with two attached hydrogens (primary N) is 1. The number of rotatable bonds is 3. The third-order valence-electron chi connectivity index (χ3n) is 2.32. The Morgan fingerprint density at radius 1 is 1.53 bits per heavy atom. The Kier molecular flexibility index (Phi) is 2.70. The molecule has 0 aliphatic rings. The second-order valence-electron chi connectivity index (χ2n) is 3.60. The van der Waals surface area contributed by atoms with Gasteiger partial charge in [0.05, 0.1) is 28.8 Å². The monoisotopic (exact) mass is 232 g/mol. The lowest BCUT2D eigenvalue weighted by molar-refractivity contribution is 0.0698. The highest BCUT2D eigenvalue weighted by Crippen LogP contribution is 2.25. The number of nitrogens with one attached hydrogen (secondary N) is 1. The third kappa shape index (κ3) is 2.20. The second-order valence-corrected chi connectivity index (χ2v) is 3.60. The number of nitrogens with zero attached hydrogens (tertiary/aromatic N) is 2. The zero-order valence-corrected chi connectivity index (χ0v) is 9.21. The van der Waals surface area contributed by atoms with E-state index in [2.05, 4.69) is 10.4 Å². The number of aromatic nitrogens is 2. The number of benzene rings is 1. The van der Waals surface area contributed by atoms with Gasteiger partial charge in [0.15, 0.2) is 0 Å². The number of hydrogen-bond donors (Lipinski definition) is 3. The molecule has 0 bridgehead atoms. The third-order valence-corrected chi connectivity index (χ3v) is 2.32. The van der Waals surface area contributed by atoms with Gasteiger partial charge in [0.25, 0.3) is 0 Å². The van der Waals surface area contributed by atoms with Crippen LogP contribution in [-0.2, 0) is 7.05 Å². The van der Waals surface area contributed by atoms with Gasteiger partial charge in [-0.3, -0.25) is 4.68 Å². The predicted octanol–water partition coefficient (Wildman–Crippen LogP) is 1.44. The first-order chi connectivity index (χ1) is 8.08. The number of nitrogen functional groups attached to an aromatic ring is 1. The van der Waals surface area contributed by atoms with Crippen molar-refractivity contribution in [3.63, 3.8) is 0 Å². The number of hydrogen-bond acceptors (Lipinski definition) is 4. The van der Waals surface area contributed by atoms with Crippen LogP contribution in [0.3, 0.4) is 0 Å². The van der Waals surface area contributed by atoms with Crippen LogP contribution in [0.1, 0.15) is 10.4 Å². The largest absolute Gasteiger partial charge is 0.478 e. The van der Waals surface area contributed by atoms with Crippen molar-refractivity contribution in [1.29, 1.82) is 0 Å². The molecule has 0 unspecified atom stereocenters. The SMILES string of the molecule is Cn1cc(Nc2cccc(C(=O)O)c2N)cn1. The Balaban J connectivity index is 2.33. The highest BCUT2D eigenvalue weighted by Gasteiger charge is 2.11. The first kappa shape index (κ1) is 11.0. The van der Waals surface area contributed by atoms with Gasteiger partial charge in [-0.05, 0) is 12.1 Å². The van der Waals surface area contributed by atoms with E-state index in [0.717, 1.165) is 5.69 Å². The molecule has 2 aromatic rings. The molecule has 0 amide bonds. The van der Waals surface area contributed by atoms with E-state index in [1.54, 1.807) is 36.3 Å². The molecule has 6 nitrogen and oxygen atoms in total. The molecule has 1 aromatic carbocycles. The van der Waals surface area contributed by atoms with Crippen LogP contribution >= 0.6 is 0 Å². The molecule has 1 aromatic heterocycles. The van der Waals surface area contributed by atoms with Crippen molar-refractivity contribution >= 4 is 23.0 Å². The number of anilines is 3. The van der Waals surface area contributed by atoms with E-state index >= 15 is 0 Å². The molecule has 2 rings (SSSR count). The fourth-order valence-electron chi connectivity index (χ4n) is 1.50. The highest BCUT2D eigenvalue weighted by atomic mass is 16.4. The summed E-state index contributed by atoms with van der Waals surface area (Å²) in [7, 11) is 1.79. The van der Waals surface area contributed by atoms with Crippen molar-refractivity contribution in [2.24, 2.45) is 7.05 Å². The molecule has 88 valence electrons. The van der Waals surface area contributed by atoms with E-state index in [-0.39, 0.29) is 11.3 Å². The lowest BCUT2D eigenvalue weighted by Gasteiger charge is -2.09. The maximum absolute atomic E-state index is 10.9. The molecule has 0 aliphatic carbocycles. The normalized spacial score (nSPS) is 10.2. The molecule has 4 N–H and O–H groups in total. The quantitative estimate of drug-likeness (QED) is 0.696. The first-order valence-electron chi connectivity index (χ1n) is 4.95. The van der Waals surface area contributed by atoms with Crippen molar-refractivity contribution in [2.45, 2.75) is 0 Å². The van der Waals surface area contributed by atoms with Crippen molar-refractivity contribution < 1.29 is 9.90 Å². The summed E-state index contributed by atoms with van der Waals surface area (Å²) >= 11 is 0. The van der Waals surface area contributed by atoms with Crippen molar-refractivity contribution in [1.82, 2.24) is 9.78 Å². The van der Waals surface area contributed by atoms with Gasteiger partial charge in [-0.25, -0.2) is 4.79 Å². The summed E-state index contributed by atoms with van der Waals surface area (Å²) in [6.07, 6.45) is 3.40. The Hall–Kier alpha value is -2.50. The fourth-order valence-corrected chi connectivity index (χ4v) is 1.50. The Morgan fingerprint density at radius 2 is 2.29 bits per heavy atom. The molecular formula is C11H12N4O2. The fraction of sp³-hybridized carbons (Fsp3) is 0.0909. The summed E-state index contributed by atoms with van der Waals surface area (Å²) in [6.45, 7) is 0. The number of para-hydroxylation sites is 1. The summed E-state index contributed by atoms with van der Waals surface area (Å²) in [4.78, 5) is 10.9. The van der Waals surface area contributed by atoms with Crippen LogP contribution in [0.25, 0.3) is 0 Å². The summed E-state index contributed by atoms with van der Waals surface area (Å²) in [6, 6.07) is 4.82. The minimum atomic E-state index is -1.04. The average Bonchev–Trinajstić information content (AvgIpc) is 2.67. The van der Waals surface area contributed by atoms with E-state index in [9.17, 15) is 4.79 Å². The number of carboxylic acids is 1. The molecule has 1 heterocycles. The number of carbonyl (C=O) groups is 1. The van der Waals surface area contributed by atoms with Crippen LogP contribution in [-0.4, -0.2) is 20.9 Å². The minimum Gasteiger partial charge on any atom is -0.478 e. The Morgan fingerprint density at radius 3 is 2.88 bits per heavy atom. The lowest BCUT2D eigenvalue weighted by Crippen LogP contribution is -2.05. The molecule has 0 spiro atoms. The zero-order chi connectivity index (χ0) is 12.4. The lowest BCUT2D eigenvalue weighted by atomic mass is 10.1. The molecule has 0 atom stereocenters. The average molecular weight is 232 g/mol. The van der Waals surface area contributed by atoms with Gasteiger partial charge in [-0.15, -0.1) is 0 Å². The van der Waals surface area contributed by atoms with Gasteiger partial charge in [-0.1, -0.05) is 6.07 Å². The molecule has 6 heteroatoms. The van der Waals surface area contributed by atoms with Gasteiger partial charge < -0.3 is 16.2 Å². The first-order valence-corrected chi connectivity index (χ1v) is 4.95. The topological polar surface area (TPSA) is 93.2 Å². The molecule has 0 radical (unpaired) electrons. The summed E-state index contributed by atoms with van der Waals surface area (Å²) in [5.74, 6) is -1.04. The number of carboxylic acid groups (broad SMARTS) is 1. The van der Waals surface area contributed by atoms with Crippen LogP contribution in [0.2, 0.25) is 0 Å². The summed E-state index contributed by atoms with van der Waals surface area (Å²) in [5.41, 5.74) is 7.37. The number of aromatic carboxylic acids is 1. The standard InChI is InChI=1S/C11H12N4O2/c1-15-6-7(5-13-15)14-9-4-2-3-8(10(9)12)11(16)17/h2-6,14H,12H2,1H3,(H,16,17). The Labute approximate surface area is 97.7 Å².